The standard InChI is InChI=1S/C29H26N2O5/c1-18(32)21-8-4-6-10-23(21)30-25-14-12-19(16-27(25)35-2)20-13-15-26(28(17-20)36-3)31-24-11-7-5-9-22(24)29(33)34/h4-17,30-31H,1-3H3,(H,33,34). The van der Waals surface area contributed by atoms with Crippen molar-refractivity contribution in [1.82, 2.24) is 0 Å². The lowest BCUT2D eigenvalue weighted by Gasteiger charge is -2.16. The number of carbonyl (C=O) groups excluding carboxylic acids is 1. The summed E-state index contributed by atoms with van der Waals surface area (Å²) in [5, 5.41) is 15.9. The van der Waals surface area contributed by atoms with Crippen LogP contribution in [0.2, 0.25) is 0 Å². The SMILES string of the molecule is COc1cc(-c2ccc(Nc3ccccc3C(=O)O)c(OC)c2)ccc1Nc1ccccc1C(C)=O. The molecule has 0 aliphatic rings. The number of hydrogen-bond acceptors (Lipinski definition) is 6. The third-order valence-corrected chi connectivity index (χ3v) is 5.74. The number of carboxylic acids is 1. The van der Waals surface area contributed by atoms with Crippen molar-refractivity contribution in [2.24, 2.45) is 0 Å². The molecule has 0 saturated carbocycles. The summed E-state index contributed by atoms with van der Waals surface area (Å²) in [6.45, 7) is 1.53. The molecule has 0 aliphatic heterocycles. The zero-order valence-electron chi connectivity index (χ0n) is 20.2. The van der Waals surface area contributed by atoms with Crippen LogP contribution in [-0.2, 0) is 0 Å². The average molecular weight is 483 g/mol. The lowest BCUT2D eigenvalue weighted by molar-refractivity contribution is 0.0697. The second-order valence-electron chi connectivity index (χ2n) is 8.03. The second-order valence-corrected chi connectivity index (χ2v) is 8.03. The van der Waals surface area contributed by atoms with Gasteiger partial charge in [-0.05, 0) is 66.6 Å². The number of hydrogen-bond donors (Lipinski definition) is 3. The van der Waals surface area contributed by atoms with Gasteiger partial charge >= 0.3 is 5.97 Å². The number of rotatable bonds is 9. The van der Waals surface area contributed by atoms with Crippen LogP contribution < -0.4 is 20.1 Å². The number of methoxy groups -OCH3 is 2. The van der Waals surface area contributed by atoms with E-state index in [2.05, 4.69) is 10.6 Å². The van der Waals surface area contributed by atoms with Crippen LogP contribution in [0, 0.1) is 0 Å². The van der Waals surface area contributed by atoms with E-state index in [0.717, 1.165) is 16.8 Å². The fourth-order valence-electron chi connectivity index (χ4n) is 3.92. The molecular formula is C29H26N2O5. The quantitative estimate of drug-likeness (QED) is 0.227. The number of nitrogens with one attached hydrogen (secondary N) is 2. The molecule has 4 aromatic carbocycles. The summed E-state index contributed by atoms with van der Waals surface area (Å²) < 4.78 is 11.2. The van der Waals surface area contributed by atoms with Crippen molar-refractivity contribution in [3.8, 4) is 22.6 Å². The van der Waals surface area contributed by atoms with Crippen LogP contribution in [0.1, 0.15) is 27.6 Å². The molecule has 0 radical (unpaired) electrons. The maximum atomic E-state index is 12.0. The molecule has 182 valence electrons. The number of carbonyl (C=O) groups is 2. The van der Waals surface area contributed by atoms with Gasteiger partial charge in [0.1, 0.15) is 11.5 Å². The van der Waals surface area contributed by atoms with E-state index >= 15 is 0 Å². The van der Waals surface area contributed by atoms with Crippen LogP contribution in [0.3, 0.4) is 0 Å². The summed E-state index contributed by atoms with van der Waals surface area (Å²) in [6, 6.07) is 25.4. The zero-order chi connectivity index (χ0) is 25.7. The van der Waals surface area contributed by atoms with E-state index in [-0.39, 0.29) is 11.3 Å². The third-order valence-electron chi connectivity index (χ3n) is 5.74. The minimum absolute atomic E-state index is 0.0274. The maximum absolute atomic E-state index is 12.0. The molecule has 0 atom stereocenters. The van der Waals surface area contributed by atoms with Gasteiger partial charge in [0.25, 0.3) is 0 Å². The summed E-state index contributed by atoms with van der Waals surface area (Å²) in [4.78, 5) is 23.5. The van der Waals surface area contributed by atoms with Crippen LogP contribution in [-0.4, -0.2) is 31.1 Å². The molecular weight excluding hydrogens is 456 g/mol. The Morgan fingerprint density at radius 2 is 1.08 bits per heavy atom. The molecule has 3 N–H and O–H groups in total. The summed E-state index contributed by atoms with van der Waals surface area (Å²) >= 11 is 0. The minimum atomic E-state index is -1.01. The fourth-order valence-corrected chi connectivity index (χ4v) is 3.92. The van der Waals surface area contributed by atoms with Crippen LogP contribution in [0.4, 0.5) is 22.7 Å². The Morgan fingerprint density at radius 1 is 0.639 bits per heavy atom. The van der Waals surface area contributed by atoms with E-state index in [1.54, 1.807) is 44.6 Å². The Kier molecular flexibility index (Phi) is 7.20. The van der Waals surface area contributed by atoms with Crippen molar-refractivity contribution in [3.05, 3.63) is 96.1 Å². The number of ketones is 1. The van der Waals surface area contributed by atoms with E-state index < -0.39 is 5.97 Å². The Labute approximate surface area is 209 Å². The molecule has 7 heteroatoms. The Bertz CT molecular complexity index is 1320. The highest BCUT2D eigenvalue weighted by atomic mass is 16.5. The molecule has 0 amide bonds. The van der Waals surface area contributed by atoms with Gasteiger partial charge in [-0.1, -0.05) is 36.4 Å². The molecule has 0 aromatic heterocycles. The molecule has 0 aliphatic carbocycles. The van der Waals surface area contributed by atoms with E-state index in [1.165, 1.54) is 6.92 Å². The Balaban J connectivity index is 1.64. The zero-order valence-corrected chi connectivity index (χ0v) is 20.2. The lowest BCUT2D eigenvalue weighted by atomic mass is 10.0. The highest BCUT2D eigenvalue weighted by molar-refractivity contribution is 6.00. The first-order valence-electron chi connectivity index (χ1n) is 11.2. The minimum Gasteiger partial charge on any atom is -0.495 e. The number of aromatic carboxylic acids is 1. The number of carboxylic acid groups (broad SMARTS) is 1. The van der Waals surface area contributed by atoms with Crippen LogP contribution in [0.5, 0.6) is 11.5 Å². The van der Waals surface area contributed by atoms with Crippen molar-refractivity contribution in [2.75, 3.05) is 24.9 Å². The first kappa shape index (κ1) is 24.3. The molecule has 4 aromatic rings. The average Bonchev–Trinajstić information content (AvgIpc) is 2.89. The number of benzene rings is 4. The predicted octanol–water partition coefficient (Wildman–Crippen LogP) is 6.76. The van der Waals surface area contributed by atoms with Crippen LogP contribution in [0.15, 0.2) is 84.9 Å². The molecule has 36 heavy (non-hydrogen) atoms. The van der Waals surface area contributed by atoms with Crippen LogP contribution >= 0.6 is 0 Å². The summed E-state index contributed by atoms with van der Waals surface area (Å²) in [5.41, 5.74) is 5.09. The van der Waals surface area contributed by atoms with Gasteiger partial charge in [0.15, 0.2) is 5.78 Å². The second kappa shape index (κ2) is 10.7. The van der Waals surface area contributed by atoms with Crippen molar-refractivity contribution in [3.63, 3.8) is 0 Å². The fraction of sp³-hybridized carbons (Fsp3) is 0.103. The van der Waals surface area contributed by atoms with Crippen molar-refractivity contribution in [1.29, 1.82) is 0 Å². The van der Waals surface area contributed by atoms with Gasteiger partial charge < -0.3 is 25.2 Å². The van der Waals surface area contributed by atoms with Gasteiger partial charge in [-0.25, -0.2) is 4.79 Å². The molecule has 0 bridgehead atoms. The Hall–Kier alpha value is -4.78. The summed E-state index contributed by atoms with van der Waals surface area (Å²) in [7, 11) is 3.15. The normalized spacial score (nSPS) is 10.4. The van der Waals surface area contributed by atoms with E-state index in [9.17, 15) is 14.7 Å². The first-order chi connectivity index (χ1) is 17.4. The van der Waals surface area contributed by atoms with Crippen molar-refractivity contribution >= 4 is 34.5 Å². The van der Waals surface area contributed by atoms with E-state index in [4.69, 9.17) is 9.47 Å². The molecule has 7 nitrogen and oxygen atoms in total. The topological polar surface area (TPSA) is 96.9 Å². The number of ether oxygens (including phenoxy) is 2. The Morgan fingerprint density at radius 3 is 1.53 bits per heavy atom. The monoisotopic (exact) mass is 482 g/mol. The van der Waals surface area contributed by atoms with Gasteiger partial charge in [-0.15, -0.1) is 0 Å². The predicted molar refractivity (Wildman–Crippen MR) is 141 cm³/mol. The molecule has 0 unspecified atom stereocenters. The molecule has 0 fully saturated rings. The van der Waals surface area contributed by atoms with Gasteiger partial charge in [0.05, 0.1) is 36.8 Å². The number of anilines is 4. The maximum Gasteiger partial charge on any atom is 0.337 e. The smallest absolute Gasteiger partial charge is 0.337 e. The van der Waals surface area contributed by atoms with Gasteiger partial charge in [0.2, 0.25) is 0 Å². The van der Waals surface area contributed by atoms with E-state index in [0.29, 0.717) is 34.1 Å². The molecule has 0 spiro atoms. The number of para-hydroxylation sites is 2. The summed E-state index contributed by atoms with van der Waals surface area (Å²) in [5.74, 6) is 0.132. The highest BCUT2D eigenvalue weighted by Crippen LogP contribution is 2.37. The summed E-state index contributed by atoms with van der Waals surface area (Å²) in [6.07, 6.45) is 0. The highest BCUT2D eigenvalue weighted by Gasteiger charge is 2.14. The van der Waals surface area contributed by atoms with Gasteiger partial charge in [-0.2, -0.15) is 0 Å². The van der Waals surface area contributed by atoms with Gasteiger partial charge in [-0.3, -0.25) is 4.79 Å². The molecule has 4 rings (SSSR count). The van der Waals surface area contributed by atoms with Crippen molar-refractivity contribution in [2.45, 2.75) is 6.92 Å². The van der Waals surface area contributed by atoms with Gasteiger partial charge in [0, 0.05) is 11.3 Å². The number of Topliss-reactive ketones (excluding diaryl/α,β-unsaturated/α-hetero) is 1. The van der Waals surface area contributed by atoms with Crippen LogP contribution in [0.25, 0.3) is 11.1 Å². The third kappa shape index (κ3) is 5.15. The largest absolute Gasteiger partial charge is 0.495 e. The van der Waals surface area contributed by atoms with E-state index in [1.807, 2.05) is 54.6 Å². The molecule has 0 saturated heterocycles. The lowest BCUT2D eigenvalue weighted by Crippen LogP contribution is -2.03. The molecule has 0 heterocycles. The first-order valence-corrected chi connectivity index (χ1v) is 11.2. The van der Waals surface area contributed by atoms with Crippen molar-refractivity contribution < 1.29 is 24.2 Å².